The van der Waals surface area contributed by atoms with Crippen molar-refractivity contribution in [2.45, 2.75) is 45.6 Å². The standard InChI is InChI=1S/C13H16N4O2/c1-8-11(9(2)19-15-8)6-17-13(10-4-3-5-10)12(7-18)14-16-17/h7,10H,3-6H2,1-2H3. The van der Waals surface area contributed by atoms with E-state index in [9.17, 15) is 4.79 Å². The quantitative estimate of drug-likeness (QED) is 0.786. The third-order valence-electron chi connectivity index (χ3n) is 3.89. The first-order valence-corrected chi connectivity index (χ1v) is 6.51. The minimum Gasteiger partial charge on any atom is -0.361 e. The van der Waals surface area contributed by atoms with Crippen molar-refractivity contribution in [2.75, 3.05) is 0 Å². The number of carbonyl (C=O) groups excluding carboxylic acids is 1. The van der Waals surface area contributed by atoms with E-state index in [0.717, 1.165) is 41.8 Å². The molecule has 1 aliphatic rings. The molecule has 3 rings (SSSR count). The van der Waals surface area contributed by atoms with Gasteiger partial charge in [-0.25, -0.2) is 4.68 Å². The summed E-state index contributed by atoms with van der Waals surface area (Å²) in [6.07, 6.45) is 4.22. The first-order chi connectivity index (χ1) is 9.20. The molecule has 0 radical (unpaired) electrons. The Labute approximate surface area is 110 Å². The Morgan fingerprint density at radius 2 is 2.21 bits per heavy atom. The molecule has 100 valence electrons. The molecule has 2 heterocycles. The topological polar surface area (TPSA) is 73.8 Å². The van der Waals surface area contributed by atoms with Gasteiger partial charge in [-0.3, -0.25) is 4.79 Å². The number of aldehydes is 1. The highest BCUT2D eigenvalue weighted by Gasteiger charge is 2.28. The average molecular weight is 260 g/mol. The van der Waals surface area contributed by atoms with Crippen molar-refractivity contribution in [2.24, 2.45) is 0 Å². The van der Waals surface area contributed by atoms with Gasteiger partial charge in [0.2, 0.25) is 0 Å². The van der Waals surface area contributed by atoms with Crippen LogP contribution in [0.15, 0.2) is 4.52 Å². The SMILES string of the molecule is Cc1noc(C)c1Cn1nnc(C=O)c1C1CCC1. The number of nitrogens with zero attached hydrogens (tertiary/aromatic N) is 4. The Balaban J connectivity index is 1.96. The second kappa shape index (κ2) is 4.60. The van der Waals surface area contributed by atoms with E-state index in [4.69, 9.17) is 4.52 Å². The predicted molar refractivity (Wildman–Crippen MR) is 67.1 cm³/mol. The summed E-state index contributed by atoms with van der Waals surface area (Å²) in [7, 11) is 0. The van der Waals surface area contributed by atoms with E-state index in [2.05, 4.69) is 15.5 Å². The molecule has 2 aromatic heterocycles. The van der Waals surface area contributed by atoms with Crippen molar-refractivity contribution in [1.82, 2.24) is 20.2 Å². The normalized spacial score (nSPS) is 15.5. The molecule has 1 fully saturated rings. The van der Waals surface area contributed by atoms with Gasteiger partial charge in [-0.15, -0.1) is 5.10 Å². The van der Waals surface area contributed by atoms with E-state index in [0.29, 0.717) is 18.2 Å². The second-order valence-corrected chi connectivity index (χ2v) is 5.07. The zero-order valence-corrected chi connectivity index (χ0v) is 11.1. The molecular weight excluding hydrogens is 244 g/mol. The maximum atomic E-state index is 11.1. The Morgan fingerprint density at radius 1 is 1.42 bits per heavy atom. The van der Waals surface area contributed by atoms with Gasteiger partial charge in [-0.2, -0.15) is 0 Å². The first-order valence-electron chi connectivity index (χ1n) is 6.51. The summed E-state index contributed by atoms with van der Waals surface area (Å²) < 4.78 is 6.98. The van der Waals surface area contributed by atoms with Crippen LogP contribution in [0.3, 0.4) is 0 Å². The highest BCUT2D eigenvalue weighted by atomic mass is 16.5. The van der Waals surface area contributed by atoms with Crippen LogP contribution in [0.5, 0.6) is 0 Å². The molecule has 0 atom stereocenters. The number of aromatic nitrogens is 4. The lowest BCUT2D eigenvalue weighted by Gasteiger charge is -2.26. The molecule has 6 heteroatoms. The fraction of sp³-hybridized carbons (Fsp3) is 0.538. The van der Waals surface area contributed by atoms with Crippen molar-refractivity contribution < 1.29 is 9.32 Å². The number of hydrogen-bond acceptors (Lipinski definition) is 5. The monoisotopic (exact) mass is 260 g/mol. The minimum atomic E-state index is 0.413. The summed E-state index contributed by atoms with van der Waals surface area (Å²) in [6.45, 7) is 4.36. The summed E-state index contributed by atoms with van der Waals surface area (Å²) in [5.74, 6) is 1.20. The van der Waals surface area contributed by atoms with Crippen LogP contribution >= 0.6 is 0 Å². The molecule has 0 N–H and O–H groups in total. The van der Waals surface area contributed by atoms with Gasteiger partial charge in [0.25, 0.3) is 0 Å². The lowest BCUT2D eigenvalue weighted by molar-refractivity contribution is 0.111. The highest BCUT2D eigenvalue weighted by molar-refractivity contribution is 5.73. The first kappa shape index (κ1) is 12.1. The van der Waals surface area contributed by atoms with Gasteiger partial charge in [0.05, 0.1) is 17.9 Å². The van der Waals surface area contributed by atoms with Crippen LogP contribution in [-0.4, -0.2) is 26.4 Å². The van der Waals surface area contributed by atoms with E-state index in [-0.39, 0.29) is 0 Å². The highest BCUT2D eigenvalue weighted by Crippen LogP contribution is 2.37. The molecule has 0 saturated heterocycles. The molecule has 1 saturated carbocycles. The smallest absolute Gasteiger partial charge is 0.172 e. The summed E-state index contributed by atoms with van der Waals surface area (Å²) in [6, 6.07) is 0. The van der Waals surface area contributed by atoms with Crippen molar-refractivity contribution in [1.29, 1.82) is 0 Å². The lowest BCUT2D eigenvalue weighted by Crippen LogP contribution is -2.17. The van der Waals surface area contributed by atoms with Crippen LogP contribution in [0, 0.1) is 13.8 Å². The molecule has 0 aromatic carbocycles. The van der Waals surface area contributed by atoms with Crippen molar-refractivity contribution in [3.05, 3.63) is 28.4 Å². The van der Waals surface area contributed by atoms with Gasteiger partial charge < -0.3 is 4.52 Å². The molecule has 2 aromatic rings. The third kappa shape index (κ3) is 1.97. The lowest BCUT2D eigenvalue weighted by atomic mass is 9.82. The Bertz CT molecular complexity index is 591. The van der Waals surface area contributed by atoms with Crippen LogP contribution in [-0.2, 0) is 6.54 Å². The molecule has 0 aliphatic heterocycles. The van der Waals surface area contributed by atoms with Gasteiger partial charge in [0.15, 0.2) is 6.29 Å². The van der Waals surface area contributed by atoms with Crippen molar-refractivity contribution in [3.8, 4) is 0 Å². The van der Waals surface area contributed by atoms with Gasteiger partial charge in [-0.05, 0) is 26.7 Å². The van der Waals surface area contributed by atoms with Crippen LogP contribution < -0.4 is 0 Å². The summed E-state index contributed by atoms with van der Waals surface area (Å²) in [5, 5.41) is 12.0. The van der Waals surface area contributed by atoms with E-state index in [1.165, 1.54) is 6.42 Å². The molecular formula is C13H16N4O2. The zero-order chi connectivity index (χ0) is 13.4. The molecule has 6 nitrogen and oxygen atoms in total. The van der Waals surface area contributed by atoms with E-state index < -0.39 is 0 Å². The van der Waals surface area contributed by atoms with Crippen LogP contribution in [0.25, 0.3) is 0 Å². The van der Waals surface area contributed by atoms with Crippen LogP contribution in [0.1, 0.15) is 58.4 Å². The molecule has 0 unspecified atom stereocenters. The van der Waals surface area contributed by atoms with Crippen LogP contribution in [0.4, 0.5) is 0 Å². The fourth-order valence-electron chi connectivity index (χ4n) is 2.51. The minimum absolute atomic E-state index is 0.413. The molecule has 0 amide bonds. The third-order valence-corrected chi connectivity index (χ3v) is 3.89. The summed E-state index contributed by atoms with van der Waals surface area (Å²) in [5.41, 5.74) is 3.31. The fourth-order valence-corrected chi connectivity index (χ4v) is 2.51. The van der Waals surface area contributed by atoms with Gasteiger partial charge >= 0.3 is 0 Å². The maximum Gasteiger partial charge on any atom is 0.172 e. The predicted octanol–water partition coefficient (Wildman–Crippen LogP) is 2.01. The van der Waals surface area contributed by atoms with E-state index in [1.807, 2.05) is 18.5 Å². The largest absolute Gasteiger partial charge is 0.361 e. The number of carbonyl (C=O) groups is 1. The molecule has 19 heavy (non-hydrogen) atoms. The van der Waals surface area contributed by atoms with Crippen molar-refractivity contribution >= 4 is 6.29 Å². The molecule has 1 aliphatic carbocycles. The Morgan fingerprint density at radius 3 is 2.74 bits per heavy atom. The molecule has 0 bridgehead atoms. The van der Waals surface area contributed by atoms with E-state index in [1.54, 1.807) is 0 Å². The van der Waals surface area contributed by atoms with Gasteiger partial charge in [0.1, 0.15) is 11.5 Å². The zero-order valence-electron chi connectivity index (χ0n) is 11.1. The van der Waals surface area contributed by atoms with Crippen molar-refractivity contribution in [3.63, 3.8) is 0 Å². The van der Waals surface area contributed by atoms with Crippen LogP contribution in [0.2, 0.25) is 0 Å². The summed E-state index contributed by atoms with van der Waals surface area (Å²) in [4.78, 5) is 11.1. The number of aryl methyl sites for hydroxylation is 2. The average Bonchev–Trinajstić information content (AvgIpc) is 2.86. The second-order valence-electron chi connectivity index (χ2n) is 5.07. The number of rotatable bonds is 4. The maximum absolute atomic E-state index is 11.1. The Kier molecular flexibility index (Phi) is 2.93. The summed E-state index contributed by atoms with van der Waals surface area (Å²) >= 11 is 0. The molecule has 0 spiro atoms. The number of hydrogen-bond donors (Lipinski definition) is 0. The van der Waals surface area contributed by atoms with E-state index >= 15 is 0 Å². The van der Waals surface area contributed by atoms with Gasteiger partial charge in [-0.1, -0.05) is 16.8 Å². The Hall–Kier alpha value is -1.98. The van der Waals surface area contributed by atoms with Gasteiger partial charge in [0, 0.05) is 11.5 Å².